The Balaban J connectivity index is 1.74. The summed E-state index contributed by atoms with van der Waals surface area (Å²) in [5.41, 5.74) is 3.34. The minimum Gasteiger partial charge on any atom is -0.375 e. The molecule has 5 heteroatoms. The van der Waals surface area contributed by atoms with Gasteiger partial charge in [-0.25, -0.2) is 4.99 Å². The Labute approximate surface area is 144 Å². The van der Waals surface area contributed by atoms with Gasteiger partial charge in [-0.3, -0.25) is 4.98 Å². The van der Waals surface area contributed by atoms with Crippen molar-refractivity contribution in [3.8, 4) is 0 Å². The zero-order valence-electron chi connectivity index (χ0n) is 14.5. The molecule has 0 bridgehead atoms. The largest absolute Gasteiger partial charge is 0.375 e. The van der Waals surface area contributed by atoms with Crippen LogP contribution in [-0.4, -0.2) is 30.6 Å². The molecule has 1 heterocycles. The third-order valence-electron chi connectivity index (χ3n) is 3.50. The van der Waals surface area contributed by atoms with E-state index in [1.54, 1.807) is 6.20 Å². The van der Waals surface area contributed by atoms with Gasteiger partial charge in [0.1, 0.15) is 0 Å². The first-order valence-electron chi connectivity index (χ1n) is 8.34. The van der Waals surface area contributed by atoms with Crippen LogP contribution in [0, 0.1) is 6.92 Å². The highest BCUT2D eigenvalue weighted by molar-refractivity contribution is 5.79. The lowest BCUT2D eigenvalue weighted by molar-refractivity contribution is 0.125. The molecule has 0 amide bonds. The number of rotatable bonds is 8. The monoisotopic (exact) mass is 326 g/mol. The van der Waals surface area contributed by atoms with E-state index in [-0.39, 0.29) is 0 Å². The Morgan fingerprint density at radius 1 is 1.12 bits per heavy atom. The van der Waals surface area contributed by atoms with Gasteiger partial charge in [-0.2, -0.15) is 0 Å². The maximum Gasteiger partial charge on any atom is 0.191 e. The lowest BCUT2D eigenvalue weighted by Crippen LogP contribution is -2.39. The van der Waals surface area contributed by atoms with Gasteiger partial charge in [0.25, 0.3) is 0 Å². The third kappa shape index (κ3) is 6.38. The second kappa shape index (κ2) is 10.4. The normalized spacial score (nSPS) is 11.3. The molecule has 24 heavy (non-hydrogen) atoms. The lowest BCUT2D eigenvalue weighted by atomic mass is 10.2. The number of aryl methyl sites for hydroxylation is 1. The van der Waals surface area contributed by atoms with Gasteiger partial charge in [0.2, 0.25) is 0 Å². The van der Waals surface area contributed by atoms with E-state index in [4.69, 9.17) is 4.74 Å². The van der Waals surface area contributed by atoms with Crippen molar-refractivity contribution >= 4 is 5.96 Å². The van der Waals surface area contributed by atoms with Crippen molar-refractivity contribution < 1.29 is 4.74 Å². The predicted molar refractivity (Wildman–Crippen MR) is 97.9 cm³/mol. The smallest absolute Gasteiger partial charge is 0.191 e. The molecule has 0 unspecified atom stereocenters. The minimum atomic E-state index is 0.562. The van der Waals surface area contributed by atoms with Crippen molar-refractivity contribution in [3.63, 3.8) is 0 Å². The molecule has 0 radical (unpaired) electrons. The van der Waals surface area contributed by atoms with E-state index in [9.17, 15) is 0 Å². The molecule has 0 aliphatic heterocycles. The number of pyridine rings is 1. The van der Waals surface area contributed by atoms with Crippen LogP contribution in [0.5, 0.6) is 0 Å². The number of aromatic nitrogens is 1. The first kappa shape index (κ1) is 17.9. The average Bonchev–Trinajstić information content (AvgIpc) is 2.61. The number of aliphatic imine (C=N–C) groups is 1. The summed E-state index contributed by atoms with van der Waals surface area (Å²) in [5.74, 6) is 0.783. The molecule has 0 aliphatic carbocycles. The zero-order valence-corrected chi connectivity index (χ0v) is 14.5. The van der Waals surface area contributed by atoms with Gasteiger partial charge in [-0.05, 0) is 31.0 Å². The number of hydrogen-bond acceptors (Lipinski definition) is 3. The minimum absolute atomic E-state index is 0.562. The third-order valence-corrected chi connectivity index (χ3v) is 3.50. The van der Waals surface area contributed by atoms with E-state index in [0.29, 0.717) is 26.3 Å². The molecule has 0 spiro atoms. The molecular formula is C19H26N4O. The standard InChI is InChI=1S/C19H26N4O/c1-3-20-19(23-14-18-16(2)8-7-11-21-18)22-12-13-24-15-17-9-5-4-6-10-17/h4-11H,3,12-15H2,1-2H3,(H2,20,22,23). The van der Waals surface area contributed by atoms with Crippen molar-refractivity contribution in [2.45, 2.75) is 27.0 Å². The molecule has 1 aromatic carbocycles. The maximum absolute atomic E-state index is 5.67. The summed E-state index contributed by atoms with van der Waals surface area (Å²) in [6, 6.07) is 14.2. The van der Waals surface area contributed by atoms with Gasteiger partial charge < -0.3 is 15.4 Å². The fourth-order valence-corrected chi connectivity index (χ4v) is 2.19. The summed E-state index contributed by atoms with van der Waals surface area (Å²) in [7, 11) is 0. The molecular weight excluding hydrogens is 300 g/mol. The Kier molecular flexibility index (Phi) is 7.77. The van der Waals surface area contributed by atoms with E-state index in [1.807, 2.05) is 24.3 Å². The van der Waals surface area contributed by atoms with Gasteiger partial charge >= 0.3 is 0 Å². The van der Waals surface area contributed by atoms with Crippen LogP contribution in [0.25, 0.3) is 0 Å². The number of benzene rings is 1. The van der Waals surface area contributed by atoms with Gasteiger partial charge in [-0.15, -0.1) is 0 Å². The number of ether oxygens (including phenoxy) is 1. The number of hydrogen-bond donors (Lipinski definition) is 2. The highest BCUT2D eigenvalue weighted by Gasteiger charge is 2.00. The van der Waals surface area contributed by atoms with E-state index in [0.717, 1.165) is 23.8 Å². The van der Waals surface area contributed by atoms with Crippen LogP contribution in [0.2, 0.25) is 0 Å². The second-order valence-electron chi connectivity index (χ2n) is 5.43. The molecule has 2 aromatic rings. The molecule has 128 valence electrons. The summed E-state index contributed by atoms with van der Waals surface area (Å²) in [5, 5.41) is 6.52. The van der Waals surface area contributed by atoms with Crippen molar-refractivity contribution in [3.05, 3.63) is 65.5 Å². The Morgan fingerprint density at radius 2 is 1.96 bits per heavy atom. The molecule has 0 fully saturated rings. The van der Waals surface area contributed by atoms with Gasteiger partial charge in [-0.1, -0.05) is 36.4 Å². The van der Waals surface area contributed by atoms with E-state index >= 15 is 0 Å². The number of nitrogens with zero attached hydrogens (tertiary/aromatic N) is 2. The molecule has 2 rings (SSSR count). The summed E-state index contributed by atoms with van der Waals surface area (Å²) < 4.78 is 5.67. The first-order chi connectivity index (χ1) is 11.8. The van der Waals surface area contributed by atoms with Crippen molar-refractivity contribution in [1.82, 2.24) is 15.6 Å². The average molecular weight is 326 g/mol. The van der Waals surface area contributed by atoms with Gasteiger partial charge in [0, 0.05) is 19.3 Å². The van der Waals surface area contributed by atoms with E-state index in [2.05, 4.69) is 52.7 Å². The van der Waals surface area contributed by atoms with Crippen LogP contribution in [-0.2, 0) is 17.9 Å². The van der Waals surface area contributed by atoms with Crippen LogP contribution >= 0.6 is 0 Å². The van der Waals surface area contributed by atoms with Crippen LogP contribution in [0.1, 0.15) is 23.7 Å². The van der Waals surface area contributed by atoms with Crippen molar-refractivity contribution in [2.75, 3.05) is 19.7 Å². The fourth-order valence-electron chi connectivity index (χ4n) is 2.19. The Bertz CT molecular complexity index is 628. The van der Waals surface area contributed by atoms with Crippen LogP contribution in [0.4, 0.5) is 0 Å². The quantitative estimate of drug-likeness (QED) is 0.445. The summed E-state index contributed by atoms with van der Waals surface area (Å²) in [6.45, 7) is 7.45. The second-order valence-corrected chi connectivity index (χ2v) is 5.43. The van der Waals surface area contributed by atoms with E-state index < -0.39 is 0 Å². The number of nitrogens with one attached hydrogen (secondary N) is 2. The van der Waals surface area contributed by atoms with Crippen molar-refractivity contribution in [1.29, 1.82) is 0 Å². The molecule has 0 saturated carbocycles. The zero-order chi connectivity index (χ0) is 17.0. The Hall–Kier alpha value is -2.40. The lowest BCUT2D eigenvalue weighted by Gasteiger charge is -2.12. The molecule has 0 atom stereocenters. The van der Waals surface area contributed by atoms with Crippen LogP contribution in [0.15, 0.2) is 53.7 Å². The highest BCUT2D eigenvalue weighted by Crippen LogP contribution is 2.04. The highest BCUT2D eigenvalue weighted by atomic mass is 16.5. The number of guanidine groups is 1. The van der Waals surface area contributed by atoms with Gasteiger partial charge in [0.05, 0.1) is 25.5 Å². The summed E-state index contributed by atoms with van der Waals surface area (Å²) >= 11 is 0. The topological polar surface area (TPSA) is 58.5 Å². The first-order valence-corrected chi connectivity index (χ1v) is 8.34. The molecule has 1 aromatic heterocycles. The SMILES string of the molecule is CCNC(=NCc1ncccc1C)NCCOCc1ccccc1. The molecule has 5 nitrogen and oxygen atoms in total. The maximum atomic E-state index is 5.67. The van der Waals surface area contributed by atoms with Crippen LogP contribution in [0.3, 0.4) is 0 Å². The molecule has 2 N–H and O–H groups in total. The van der Waals surface area contributed by atoms with E-state index in [1.165, 1.54) is 5.56 Å². The summed E-state index contributed by atoms with van der Waals surface area (Å²) in [6.07, 6.45) is 1.80. The van der Waals surface area contributed by atoms with Crippen molar-refractivity contribution in [2.24, 2.45) is 4.99 Å². The summed E-state index contributed by atoms with van der Waals surface area (Å²) in [4.78, 5) is 8.94. The Morgan fingerprint density at radius 3 is 2.71 bits per heavy atom. The molecule has 0 aliphatic rings. The fraction of sp³-hybridized carbons (Fsp3) is 0.368. The van der Waals surface area contributed by atoms with Gasteiger partial charge in [0.15, 0.2) is 5.96 Å². The van der Waals surface area contributed by atoms with Crippen LogP contribution < -0.4 is 10.6 Å². The predicted octanol–water partition coefficient (Wildman–Crippen LogP) is 2.66. The molecule has 0 saturated heterocycles.